The number of amides is 2. The first-order valence-corrected chi connectivity index (χ1v) is 7.64. The van der Waals surface area contributed by atoms with Crippen LogP contribution in [0.2, 0.25) is 0 Å². The fraction of sp³-hybridized carbons (Fsp3) is 0.278. The Morgan fingerprint density at radius 1 is 1.08 bits per heavy atom. The number of carbonyl (C=O) groups excluding carboxylic acids is 1. The first kappa shape index (κ1) is 18.6. The maximum Gasteiger partial charge on any atom is 0.422 e. The van der Waals surface area contributed by atoms with Gasteiger partial charge < -0.3 is 15.4 Å². The summed E-state index contributed by atoms with van der Waals surface area (Å²) >= 11 is 0. The largest absolute Gasteiger partial charge is 0.484 e. The Hall–Kier alpha value is -2.70. The molecule has 4 nitrogen and oxygen atoms in total. The van der Waals surface area contributed by atoms with Crippen molar-refractivity contribution in [3.8, 4) is 5.75 Å². The molecular formula is C18H19F3N2O2. The smallest absolute Gasteiger partial charge is 0.422 e. The van der Waals surface area contributed by atoms with Crippen LogP contribution in [0.5, 0.6) is 5.75 Å². The molecule has 2 amide bonds. The fourth-order valence-corrected chi connectivity index (χ4v) is 2.26. The molecular weight excluding hydrogens is 333 g/mol. The number of aryl methyl sites for hydroxylation is 2. The Bertz CT molecular complexity index is 725. The van der Waals surface area contributed by atoms with Crippen LogP contribution < -0.4 is 15.4 Å². The van der Waals surface area contributed by atoms with Crippen LogP contribution in [0.4, 0.5) is 23.7 Å². The molecule has 0 atom stereocenters. The third-order valence-corrected chi connectivity index (χ3v) is 3.47. The molecule has 25 heavy (non-hydrogen) atoms. The Balaban J connectivity index is 1.91. The molecule has 2 N–H and O–H groups in total. The quantitative estimate of drug-likeness (QED) is 0.828. The van der Waals surface area contributed by atoms with E-state index in [-0.39, 0.29) is 18.3 Å². The van der Waals surface area contributed by atoms with Crippen molar-refractivity contribution < 1.29 is 22.7 Å². The molecule has 0 heterocycles. The minimum Gasteiger partial charge on any atom is -0.484 e. The first-order chi connectivity index (χ1) is 11.7. The summed E-state index contributed by atoms with van der Waals surface area (Å²) in [7, 11) is 0. The van der Waals surface area contributed by atoms with Crippen LogP contribution in [0.3, 0.4) is 0 Å². The van der Waals surface area contributed by atoms with E-state index in [1.54, 1.807) is 12.1 Å². The minimum absolute atomic E-state index is 0.104. The lowest BCUT2D eigenvalue weighted by molar-refractivity contribution is -0.153. The molecule has 0 radical (unpaired) electrons. The molecule has 0 saturated heterocycles. The minimum atomic E-state index is -4.39. The average molecular weight is 352 g/mol. The van der Waals surface area contributed by atoms with E-state index < -0.39 is 12.8 Å². The van der Waals surface area contributed by atoms with E-state index in [1.807, 2.05) is 32.0 Å². The summed E-state index contributed by atoms with van der Waals surface area (Å²) in [5.74, 6) is 0.104. The van der Waals surface area contributed by atoms with Crippen molar-refractivity contribution >= 4 is 11.7 Å². The topological polar surface area (TPSA) is 50.4 Å². The van der Waals surface area contributed by atoms with E-state index in [0.717, 1.165) is 16.8 Å². The van der Waals surface area contributed by atoms with E-state index in [0.29, 0.717) is 5.56 Å². The highest BCUT2D eigenvalue weighted by molar-refractivity contribution is 5.90. The maximum atomic E-state index is 12.2. The van der Waals surface area contributed by atoms with Crippen molar-refractivity contribution in [3.63, 3.8) is 0 Å². The van der Waals surface area contributed by atoms with Gasteiger partial charge in [0.05, 0.1) is 0 Å². The summed E-state index contributed by atoms with van der Waals surface area (Å²) in [6, 6.07) is 11.5. The summed E-state index contributed by atoms with van der Waals surface area (Å²) in [6.07, 6.45) is -4.39. The molecule has 134 valence electrons. The van der Waals surface area contributed by atoms with Gasteiger partial charge in [-0.2, -0.15) is 13.2 Å². The standard InChI is InChI=1S/C18H19F3N2O2/c1-12-5-3-6-13(2)16(12)23-17(24)22-10-14-7-4-8-15(9-14)25-11-18(19,20)21/h3-9H,10-11H2,1-2H3,(H2,22,23,24). The van der Waals surface area contributed by atoms with Gasteiger partial charge in [-0.1, -0.05) is 30.3 Å². The molecule has 0 unspecified atom stereocenters. The van der Waals surface area contributed by atoms with Crippen LogP contribution in [0.1, 0.15) is 16.7 Å². The normalized spacial score (nSPS) is 11.1. The van der Waals surface area contributed by atoms with Gasteiger partial charge in [0.15, 0.2) is 6.61 Å². The van der Waals surface area contributed by atoms with Crippen LogP contribution in [-0.2, 0) is 6.54 Å². The van der Waals surface area contributed by atoms with Crippen LogP contribution in [0.15, 0.2) is 42.5 Å². The van der Waals surface area contributed by atoms with E-state index in [4.69, 9.17) is 4.74 Å². The van der Waals surface area contributed by atoms with Crippen LogP contribution in [0, 0.1) is 13.8 Å². The van der Waals surface area contributed by atoms with E-state index in [9.17, 15) is 18.0 Å². The zero-order valence-electron chi connectivity index (χ0n) is 13.9. The molecule has 0 aliphatic rings. The van der Waals surface area contributed by atoms with Crippen molar-refractivity contribution in [1.29, 1.82) is 0 Å². The van der Waals surface area contributed by atoms with Crippen molar-refractivity contribution in [3.05, 3.63) is 59.2 Å². The van der Waals surface area contributed by atoms with Gasteiger partial charge in [0.25, 0.3) is 0 Å². The van der Waals surface area contributed by atoms with Crippen LogP contribution in [-0.4, -0.2) is 18.8 Å². The number of carbonyl (C=O) groups is 1. The van der Waals surface area contributed by atoms with Crippen molar-refractivity contribution in [2.24, 2.45) is 0 Å². The van der Waals surface area contributed by atoms with Crippen LogP contribution in [0.25, 0.3) is 0 Å². The molecule has 0 bridgehead atoms. The van der Waals surface area contributed by atoms with Crippen molar-refractivity contribution in [1.82, 2.24) is 5.32 Å². The lowest BCUT2D eigenvalue weighted by Gasteiger charge is -2.13. The number of nitrogens with one attached hydrogen (secondary N) is 2. The van der Waals surface area contributed by atoms with Crippen molar-refractivity contribution in [2.75, 3.05) is 11.9 Å². The number of hydrogen-bond donors (Lipinski definition) is 2. The summed E-state index contributed by atoms with van der Waals surface area (Å²) < 4.78 is 41.2. The number of para-hydroxylation sites is 1. The molecule has 2 rings (SSSR count). The molecule has 2 aromatic carbocycles. The maximum absolute atomic E-state index is 12.2. The summed E-state index contributed by atoms with van der Waals surface area (Å²) in [5, 5.41) is 5.45. The second-order valence-electron chi connectivity index (χ2n) is 5.63. The van der Waals surface area contributed by atoms with Gasteiger partial charge in [-0.25, -0.2) is 4.79 Å². The second-order valence-corrected chi connectivity index (χ2v) is 5.63. The van der Waals surface area contributed by atoms with Gasteiger partial charge in [-0.15, -0.1) is 0 Å². The number of hydrogen-bond acceptors (Lipinski definition) is 2. The van der Waals surface area contributed by atoms with Gasteiger partial charge in [0, 0.05) is 12.2 Å². The van der Waals surface area contributed by atoms with E-state index in [2.05, 4.69) is 10.6 Å². The number of rotatable bonds is 5. The Labute approximate surface area is 144 Å². The number of halogens is 3. The first-order valence-electron chi connectivity index (χ1n) is 7.64. The molecule has 0 saturated carbocycles. The van der Waals surface area contributed by atoms with Gasteiger partial charge in [0.2, 0.25) is 0 Å². The summed E-state index contributed by atoms with van der Waals surface area (Å²) in [4.78, 5) is 12.0. The third kappa shape index (κ3) is 6.02. The fourth-order valence-electron chi connectivity index (χ4n) is 2.26. The van der Waals surface area contributed by atoms with E-state index in [1.165, 1.54) is 12.1 Å². The molecule has 0 aliphatic carbocycles. The van der Waals surface area contributed by atoms with Gasteiger partial charge in [0.1, 0.15) is 5.75 Å². The predicted octanol–water partition coefficient (Wildman–Crippen LogP) is 4.57. The molecule has 0 aliphatic heterocycles. The van der Waals surface area contributed by atoms with Gasteiger partial charge >= 0.3 is 12.2 Å². The zero-order valence-corrected chi connectivity index (χ0v) is 13.9. The Morgan fingerprint density at radius 2 is 1.72 bits per heavy atom. The second kappa shape index (κ2) is 7.92. The van der Waals surface area contributed by atoms with E-state index >= 15 is 0 Å². The number of benzene rings is 2. The third-order valence-electron chi connectivity index (χ3n) is 3.47. The van der Waals surface area contributed by atoms with Crippen LogP contribution >= 0.6 is 0 Å². The van der Waals surface area contributed by atoms with Gasteiger partial charge in [-0.3, -0.25) is 0 Å². The molecule has 0 fully saturated rings. The summed E-state index contributed by atoms with van der Waals surface area (Å²) in [6.45, 7) is 2.60. The highest BCUT2D eigenvalue weighted by atomic mass is 19.4. The highest BCUT2D eigenvalue weighted by Gasteiger charge is 2.28. The van der Waals surface area contributed by atoms with Crippen molar-refractivity contribution in [2.45, 2.75) is 26.6 Å². The SMILES string of the molecule is Cc1cccc(C)c1NC(=O)NCc1cccc(OCC(F)(F)F)c1. The van der Waals surface area contributed by atoms with Gasteiger partial charge in [-0.05, 0) is 42.7 Å². The Kier molecular flexibility index (Phi) is 5.90. The zero-order chi connectivity index (χ0) is 18.4. The lowest BCUT2D eigenvalue weighted by Crippen LogP contribution is -2.28. The predicted molar refractivity (Wildman–Crippen MR) is 89.8 cm³/mol. The molecule has 2 aromatic rings. The lowest BCUT2D eigenvalue weighted by atomic mass is 10.1. The average Bonchev–Trinajstić information content (AvgIpc) is 2.54. The number of alkyl halides is 3. The highest BCUT2D eigenvalue weighted by Crippen LogP contribution is 2.20. The Morgan fingerprint density at radius 3 is 2.36 bits per heavy atom. The monoisotopic (exact) mass is 352 g/mol. The molecule has 0 spiro atoms. The number of anilines is 1. The molecule has 0 aromatic heterocycles. The molecule has 7 heteroatoms. The number of urea groups is 1. The summed E-state index contributed by atoms with van der Waals surface area (Å²) in [5.41, 5.74) is 3.26. The number of ether oxygens (including phenoxy) is 1.